The Morgan fingerprint density at radius 2 is 1.71 bits per heavy atom. The lowest BCUT2D eigenvalue weighted by Crippen LogP contribution is -2.11. The lowest BCUT2D eigenvalue weighted by atomic mass is 10.2. The van der Waals surface area contributed by atoms with E-state index in [1.807, 2.05) is 24.3 Å². The average Bonchev–Trinajstić information content (AvgIpc) is 2.32. The summed E-state index contributed by atoms with van der Waals surface area (Å²) in [6, 6.07) is 16.0. The molecule has 3 heteroatoms. The second-order valence-corrected chi connectivity index (χ2v) is 4.94. The molecule has 2 aromatic carbocycles. The van der Waals surface area contributed by atoms with Crippen molar-refractivity contribution in [3.8, 4) is 0 Å². The van der Waals surface area contributed by atoms with Crippen LogP contribution >= 0.6 is 11.8 Å². The molecule has 0 fully saturated rings. The van der Waals surface area contributed by atoms with Crippen molar-refractivity contribution in [1.29, 1.82) is 5.41 Å². The Morgan fingerprint density at radius 3 is 2.35 bits per heavy atom. The zero-order valence-corrected chi connectivity index (χ0v) is 10.4. The number of nitrogens with one attached hydrogen (secondary N) is 1. The molecule has 86 valence electrons. The second-order valence-electron chi connectivity index (χ2n) is 3.82. The molecule has 0 aromatic heterocycles. The number of rotatable bonds is 3. The summed E-state index contributed by atoms with van der Waals surface area (Å²) in [5.74, 6) is 0.111. The van der Waals surface area contributed by atoms with Gasteiger partial charge in [-0.3, -0.25) is 5.41 Å². The fraction of sp³-hybridized carbons (Fsp3) is 0.0714. The Hall–Kier alpha value is -1.74. The van der Waals surface area contributed by atoms with Crippen LogP contribution in [0.5, 0.6) is 0 Å². The van der Waals surface area contributed by atoms with Gasteiger partial charge in [-0.2, -0.15) is 0 Å². The van der Waals surface area contributed by atoms with Crippen LogP contribution in [0.2, 0.25) is 0 Å². The summed E-state index contributed by atoms with van der Waals surface area (Å²) in [4.78, 5) is 2.17. The van der Waals surface area contributed by atoms with E-state index in [9.17, 15) is 0 Å². The normalized spacial score (nSPS) is 10.2. The van der Waals surface area contributed by atoms with Crippen LogP contribution in [0, 0.1) is 12.3 Å². The molecule has 0 spiro atoms. The first-order chi connectivity index (χ1) is 8.16. The van der Waals surface area contributed by atoms with Gasteiger partial charge in [0.25, 0.3) is 0 Å². The Labute approximate surface area is 105 Å². The highest BCUT2D eigenvalue weighted by molar-refractivity contribution is 7.99. The summed E-state index contributed by atoms with van der Waals surface area (Å²) >= 11 is 1.63. The summed E-state index contributed by atoms with van der Waals surface area (Å²) in [5.41, 5.74) is 7.60. The number of aryl methyl sites for hydroxylation is 1. The minimum atomic E-state index is 0.111. The van der Waals surface area contributed by atoms with Gasteiger partial charge in [0, 0.05) is 15.4 Å². The number of amidine groups is 1. The first-order valence-corrected chi connectivity index (χ1v) is 6.16. The van der Waals surface area contributed by atoms with Crippen molar-refractivity contribution in [1.82, 2.24) is 0 Å². The number of benzene rings is 2. The number of nitrogen functional groups attached to an aromatic ring is 1. The lowest BCUT2D eigenvalue weighted by Gasteiger charge is -2.07. The highest BCUT2D eigenvalue weighted by Gasteiger charge is 2.05. The summed E-state index contributed by atoms with van der Waals surface area (Å²) in [5, 5.41) is 7.54. The summed E-state index contributed by atoms with van der Waals surface area (Å²) in [6.45, 7) is 2.07. The molecule has 0 heterocycles. The van der Waals surface area contributed by atoms with Gasteiger partial charge in [-0.25, -0.2) is 0 Å². The molecule has 2 nitrogen and oxygen atoms in total. The molecule has 0 atom stereocenters. The van der Waals surface area contributed by atoms with Crippen LogP contribution in [0.1, 0.15) is 11.1 Å². The van der Waals surface area contributed by atoms with Crippen molar-refractivity contribution in [2.24, 2.45) is 5.73 Å². The fourth-order valence-corrected chi connectivity index (χ4v) is 2.47. The van der Waals surface area contributed by atoms with Gasteiger partial charge in [-0.15, -0.1) is 0 Å². The molecule has 0 bridgehead atoms. The Morgan fingerprint density at radius 1 is 1.06 bits per heavy atom. The molecular weight excluding hydrogens is 228 g/mol. The molecule has 0 aliphatic carbocycles. The third-order valence-corrected chi connectivity index (χ3v) is 3.51. The molecular formula is C14H14N2S. The van der Waals surface area contributed by atoms with Gasteiger partial charge < -0.3 is 5.73 Å². The molecule has 0 amide bonds. The monoisotopic (exact) mass is 242 g/mol. The standard InChI is InChI=1S/C14H14N2S/c1-10-6-8-11(9-7-10)17-13-5-3-2-4-12(13)14(15)16/h2-9H,1H3,(H3,15,16). The minimum absolute atomic E-state index is 0.111. The second kappa shape index (κ2) is 5.06. The van der Waals surface area contributed by atoms with Gasteiger partial charge >= 0.3 is 0 Å². The predicted molar refractivity (Wildman–Crippen MR) is 72.8 cm³/mol. The van der Waals surface area contributed by atoms with Gasteiger partial charge in [0.2, 0.25) is 0 Å². The largest absolute Gasteiger partial charge is 0.384 e. The Kier molecular flexibility index (Phi) is 3.49. The Balaban J connectivity index is 2.30. The fourth-order valence-electron chi connectivity index (χ4n) is 1.51. The maximum atomic E-state index is 7.54. The third-order valence-electron chi connectivity index (χ3n) is 2.43. The van der Waals surface area contributed by atoms with Crippen LogP contribution in [-0.4, -0.2) is 5.84 Å². The molecule has 2 rings (SSSR count). The molecule has 2 aromatic rings. The molecule has 0 radical (unpaired) electrons. The molecule has 0 unspecified atom stereocenters. The van der Waals surface area contributed by atoms with Gasteiger partial charge in [-0.1, -0.05) is 47.7 Å². The molecule has 17 heavy (non-hydrogen) atoms. The van der Waals surface area contributed by atoms with Crippen LogP contribution in [0.25, 0.3) is 0 Å². The highest BCUT2D eigenvalue weighted by Crippen LogP contribution is 2.30. The van der Waals surface area contributed by atoms with E-state index in [0.29, 0.717) is 0 Å². The molecule has 0 aliphatic rings. The molecule has 3 N–H and O–H groups in total. The first-order valence-electron chi connectivity index (χ1n) is 5.35. The van der Waals surface area contributed by atoms with E-state index in [4.69, 9.17) is 11.1 Å². The van der Waals surface area contributed by atoms with Crippen LogP contribution in [0.4, 0.5) is 0 Å². The average molecular weight is 242 g/mol. The van der Waals surface area contributed by atoms with E-state index in [1.54, 1.807) is 11.8 Å². The predicted octanol–water partition coefficient (Wildman–Crippen LogP) is 3.43. The van der Waals surface area contributed by atoms with Crippen LogP contribution in [0.3, 0.4) is 0 Å². The topological polar surface area (TPSA) is 49.9 Å². The first kappa shape index (κ1) is 11.7. The Bertz CT molecular complexity index is 532. The van der Waals surface area contributed by atoms with Crippen molar-refractivity contribution in [3.05, 3.63) is 59.7 Å². The highest BCUT2D eigenvalue weighted by atomic mass is 32.2. The summed E-state index contributed by atoms with van der Waals surface area (Å²) < 4.78 is 0. The summed E-state index contributed by atoms with van der Waals surface area (Å²) in [7, 11) is 0. The van der Waals surface area contributed by atoms with Crippen molar-refractivity contribution in [2.75, 3.05) is 0 Å². The van der Waals surface area contributed by atoms with Crippen molar-refractivity contribution >= 4 is 17.6 Å². The maximum absolute atomic E-state index is 7.54. The SMILES string of the molecule is Cc1ccc(Sc2ccccc2C(=N)N)cc1. The smallest absolute Gasteiger partial charge is 0.123 e. The number of nitrogens with two attached hydrogens (primary N) is 1. The van der Waals surface area contributed by atoms with Crippen LogP contribution in [-0.2, 0) is 0 Å². The number of hydrogen-bond donors (Lipinski definition) is 2. The van der Waals surface area contributed by atoms with Crippen molar-refractivity contribution in [3.63, 3.8) is 0 Å². The third kappa shape index (κ3) is 2.88. The van der Waals surface area contributed by atoms with Crippen LogP contribution < -0.4 is 5.73 Å². The van der Waals surface area contributed by atoms with Crippen molar-refractivity contribution < 1.29 is 0 Å². The van der Waals surface area contributed by atoms with E-state index in [1.165, 1.54) is 5.56 Å². The van der Waals surface area contributed by atoms with E-state index in [0.717, 1.165) is 15.4 Å². The van der Waals surface area contributed by atoms with Crippen molar-refractivity contribution in [2.45, 2.75) is 16.7 Å². The quantitative estimate of drug-likeness (QED) is 0.640. The zero-order chi connectivity index (χ0) is 12.3. The van der Waals surface area contributed by atoms with Gasteiger partial charge in [0.05, 0.1) is 0 Å². The zero-order valence-electron chi connectivity index (χ0n) is 9.60. The minimum Gasteiger partial charge on any atom is -0.384 e. The van der Waals surface area contributed by atoms with E-state index >= 15 is 0 Å². The van der Waals surface area contributed by atoms with Crippen LogP contribution in [0.15, 0.2) is 58.3 Å². The van der Waals surface area contributed by atoms with Gasteiger partial charge in [0.15, 0.2) is 0 Å². The summed E-state index contributed by atoms with van der Waals surface area (Å²) in [6.07, 6.45) is 0. The maximum Gasteiger partial charge on any atom is 0.123 e. The molecule has 0 saturated carbocycles. The molecule has 0 aliphatic heterocycles. The van der Waals surface area contributed by atoms with E-state index < -0.39 is 0 Å². The molecule has 0 saturated heterocycles. The van der Waals surface area contributed by atoms with E-state index in [2.05, 4.69) is 31.2 Å². The van der Waals surface area contributed by atoms with Gasteiger partial charge in [0.1, 0.15) is 5.84 Å². The number of hydrogen-bond acceptors (Lipinski definition) is 2. The van der Waals surface area contributed by atoms with Gasteiger partial charge in [-0.05, 0) is 25.1 Å². The lowest BCUT2D eigenvalue weighted by molar-refractivity contribution is 1.32. The van der Waals surface area contributed by atoms with E-state index in [-0.39, 0.29) is 5.84 Å².